The molecule has 0 aromatic carbocycles. The Labute approximate surface area is 210 Å². The Kier molecular flexibility index (Phi) is 8.06. The van der Waals surface area contributed by atoms with Crippen LogP contribution in [0.3, 0.4) is 0 Å². The Morgan fingerprint density at radius 2 is 1.56 bits per heavy atom. The number of piperidine rings is 1. The van der Waals surface area contributed by atoms with E-state index in [9.17, 15) is 14.7 Å². The maximum atomic E-state index is 13.8. The molecule has 2 amide bonds. The lowest BCUT2D eigenvalue weighted by atomic mass is 9.84. The van der Waals surface area contributed by atoms with Gasteiger partial charge in [-0.15, -0.1) is 11.6 Å². The molecule has 1 N–H and O–H groups in total. The second-order valence-corrected chi connectivity index (χ2v) is 12.4. The molecule has 2 aliphatic carbocycles. The molecule has 7 heteroatoms. The molecule has 0 spiro atoms. The van der Waals surface area contributed by atoms with Gasteiger partial charge < -0.3 is 14.9 Å². The SMILES string of the molecule is O=C(C1CC2CCCCC2N1CC1CCC(Cl)CC1)N1CCC(C(=O)N2CCC[C@H]2CO)CC1. The summed E-state index contributed by atoms with van der Waals surface area (Å²) < 4.78 is 0. The van der Waals surface area contributed by atoms with Crippen LogP contribution in [-0.2, 0) is 9.59 Å². The Morgan fingerprint density at radius 1 is 0.824 bits per heavy atom. The fraction of sp³-hybridized carbons (Fsp3) is 0.926. The average molecular weight is 494 g/mol. The van der Waals surface area contributed by atoms with Crippen molar-refractivity contribution in [1.82, 2.24) is 14.7 Å². The molecule has 2 saturated carbocycles. The fourth-order valence-electron chi connectivity index (χ4n) is 7.77. The van der Waals surface area contributed by atoms with E-state index in [0.717, 1.165) is 58.0 Å². The smallest absolute Gasteiger partial charge is 0.239 e. The van der Waals surface area contributed by atoms with Gasteiger partial charge in [0.2, 0.25) is 11.8 Å². The van der Waals surface area contributed by atoms with Gasteiger partial charge in [-0.05, 0) is 82.5 Å². The predicted octanol–water partition coefficient (Wildman–Crippen LogP) is 3.64. The van der Waals surface area contributed by atoms with Crippen LogP contribution in [0.25, 0.3) is 0 Å². The molecule has 192 valence electrons. The minimum absolute atomic E-state index is 0.00331. The van der Waals surface area contributed by atoms with Crippen molar-refractivity contribution >= 4 is 23.4 Å². The fourth-order valence-corrected chi connectivity index (χ4v) is 8.02. The second-order valence-electron chi connectivity index (χ2n) is 11.8. The summed E-state index contributed by atoms with van der Waals surface area (Å²) in [5, 5.41) is 9.94. The van der Waals surface area contributed by atoms with E-state index in [2.05, 4.69) is 9.80 Å². The first kappa shape index (κ1) is 24.8. The van der Waals surface area contributed by atoms with Crippen molar-refractivity contribution in [3.05, 3.63) is 0 Å². The molecule has 5 rings (SSSR count). The lowest BCUT2D eigenvalue weighted by Gasteiger charge is -2.40. The topological polar surface area (TPSA) is 64.1 Å². The van der Waals surface area contributed by atoms with Gasteiger partial charge in [0.25, 0.3) is 0 Å². The summed E-state index contributed by atoms with van der Waals surface area (Å²) >= 11 is 6.37. The standard InChI is InChI=1S/C27H44ClN3O3/c28-22-9-7-19(8-10-22)17-31-24-6-2-1-4-21(24)16-25(31)27(34)29-14-11-20(12-15-29)26(33)30-13-3-5-23(30)18-32/h19-25,32H,1-18H2/t19?,21?,22?,23-,24?,25?/m0/s1. The van der Waals surface area contributed by atoms with Gasteiger partial charge in [0.1, 0.15) is 0 Å². The summed E-state index contributed by atoms with van der Waals surface area (Å²) in [6.07, 6.45) is 14.2. The van der Waals surface area contributed by atoms with E-state index in [1.165, 1.54) is 38.5 Å². The number of carbonyl (C=O) groups is 2. The summed E-state index contributed by atoms with van der Waals surface area (Å²) in [6.45, 7) is 3.30. The molecule has 34 heavy (non-hydrogen) atoms. The highest BCUT2D eigenvalue weighted by Gasteiger charge is 2.47. The zero-order valence-electron chi connectivity index (χ0n) is 20.8. The lowest BCUT2D eigenvalue weighted by Crippen LogP contribution is -2.52. The summed E-state index contributed by atoms with van der Waals surface area (Å²) in [5.74, 6) is 1.88. The number of halogens is 1. The number of hydrogen-bond acceptors (Lipinski definition) is 4. The van der Waals surface area contributed by atoms with Crippen molar-refractivity contribution in [3.63, 3.8) is 0 Å². The number of hydrogen-bond donors (Lipinski definition) is 1. The molecule has 3 unspecified atom stereocenters. The Balaban J connectivity index is 1.20. The van der Waals surface area contributed by atoms with Crippen LogP contribution in [0.2, 0.25) is 0 Å². The van der Waals surface area contributed by atoms with Crippen LogP contribution in [-0.4, -0.2) is 87.9 Å². The quantitative estimate of drug-likeness (QED) is 0.594. The maximum Gasteiger partial charge on any atom is 0.239 e. The van der Waals surface area contributed by atoms with Gasteiger partial charge in [0.05, 0.1) is 18.7 Å². The van der Waals surface area contributed by atoms with Gasteiger partial charge in [0.15, 0.2) is 0 Å². The van der Waals surface area contributed by atoms with Crippen LogP contribution >= 0.6 is 11.6 Å². The number of alkyl halides is 1. The molecule has 0 aromatic heterocycles. The third-order valence-electron chi connectivity index (χ3n) is 9.78. The second kappa shape index (κ2) is 11.0. The van der Waals surface area contributed by atoms with Crippen molar-refractivity contribution in [2.75, 3.05) is 32.8 Å². The summed E-state index contributed by atoms with van der Waals surface area (Å²) in [4.78, 5) is 33.5. The van der Waals surface area contributed by atoms with Crippen molar-refractivity contribution in [2.24, 2.45) is 17.8 Å². The molecule has 0 bridgehead atoms. The van der Waals surface area contributed by atoms with E-state index in [-0.39, 0.29) is 30.5 Å². The number of aliphatic hydroxyl groups is 1. The molecule has 4 atom stereocenters. The predicted molar refractivity (Wildman–Crippen MR) is 134 cm³/mol. The van der Waals surface area contributed by atoms with Gasteiger partial charge in [-0.25, -0.2) is 0 Å². The van der Waals surface area contributed by atoms with Gasteiger partial charge in [-0.3, -0.25) is 14.5 Å². The number of rotatable bonds is 5. The normalized spacial score (nSPS) is 37.7. The van der Waals surface area contributed by atoms with Crippen molar-refractivity contribution in [1.29, 1.82) is 0 Å². The Morgan fingerprint density at radius 3 is 2.29 bits per heavy atom. The zero-order chi connectivity index (χ0) is 23.7. The van der Waals surface area contributed by atoms with Gasteiger partial charge in [-0.2, -0.15) is 0 Å². The molecule has 5 fully saturated rings. The molecule has 0 aromatic rings. The number of carbonyl (C=O) groups excluding carboxylic acids is 2. The molecule has 5 aliphatic rings. The highest BCUT2D eigenvalue weighted by Crippen LogP contribution is 2.42. The molecule has 3 aliphatic heterocycles. The third kappa shape index (κ3) is 5.15. The number of fused-ring (bicyclic) bond motifs is 1. The van der Waals surface area contributed by atoms with E-state index in [0.29, 0.717) is 42.3 Å². The highest BCUT2D eigenvalue weighted by atomic mass is 35.5. The van der Waals surface area contributed by atoms with Crippen LogP contribution in [0, 0.1) is 17.8 Å². The van der Waals surface area contributed by atoms with E-state index in [4.69, 9.17) is 11.6 Å². The van der Waals surface area contributed by atoms with Crippen LogP contribution in [0.4, 0.5) is 0 Å². The first-order valence-corrected chi connectivity index (χ1v) is 14.6. The monoisotopic (exact) mass is 493 g/mol. The van der Waals surface area contributed by atoms with Crippen molar-refractivity contribution < 1.29 is 14.7 Å². The van der Waals surface area contributed by atoms with E-state index in [1.807, 2.05) is 4.90 Å². The summed E-state index contributed by atoms with van der Waals surface area (Å²) in [6, 6.07) is 0.615. The lowest BCUT2D eigenvalue weighted by molar-refractivity contribution is -0.144. The molecule has 0 radical (unpaired) electrons. The number of aliphatic hydroxyl groups excluding tert-OH is 1. The van der Waals surface area contributed by atoms with Crippen LogP contribution in [0.1, 0.15) is 83.5 Å². The zero-order valence-corrected chi connectivity index (χ0v) is 21.5. The van der Waals surface area contributed by atoms with E-state index in [1.54, 1.807) is 0 Å². The largest absolute Gasteiger partial charge is 0.394 e. The van der Waals surface area contributed by atoms with Crippen LogP contribution in [0.15, 0.2) is 0 Å². The maximum absolute atomic E-state index is 13.8. The average Bonchev–Trinajstić information content (AvgIpc) is 3.49. The van der Waals surface area contributed by atoms with Crippen LogP contribution < -0.4 is 0 Å². The van der Waals surface area contributed by atoms with Gasteiger partial charge in [-0.1, -0.05) is 12.8 Å². The third-order valence-corrected chi connectivity index (χ3v) is 10.2. The number of amides is 2. The molecular weight excluding hydrogens is 450 g/mol. The summed E-state index contributed by atoms with van der Waals surface area (Å²) in [5.41, 5.74) is 0. The first-order chi connectivity index (χ1) is 16.5. The van der Waals surface area contributed by atoms with E-state index >= 15 is 0 Å². The van der Waals surface area contributed by atoms with Crippen LogP contribution in [0.5, 0.6) is 0 Å². The Bertz CT molecular complexity index is 720. The summed E-state index contributed by atoms with van der Waals surface area (Å²) in [7, 11) is 0. The minimum Gasteiger partial charge on any atom is -0.394 e. The van der Waals surface area contributed by atoms with Gasteiger partial charge in [0, 0.05) is 43.5 Å². The highest BCUT2D eigenvalue weighted by molar-refractivity contribution is 6.20. The molecule has 3 heterocycles. The molecule has 6 nitrogen and oxygen atoms in total. The van der Waals surface area contributed by atoms with E-state index < -0.39 is 0 Å². The first-order valence-electron chi connectivity index (χ1n) is 14.1. The molecular formula is C27H44ClN3O3. The number of likely N-dealkylation sites (tertiary alicyclic amines) is 3. The minimum atomic E-state index is -0.00331. The van der Waals surface area contributed by atoms with Gasteiger partial charge >= 0.3 is 0 Å². The van der Waals surface area contributed by atoms with Crippen molar-refractivity contribution in [3.8, 4) is 0 Å². The number of nitrogens with zero attached hydrogens (tertiary/aromatic N) is 3. The van der Waals surface area contributed by atoms with Crippen molar-refractivity contribution in [2.45, 2.75) is 107 Å². The molecule has 3 saturated heterocycles. The Hall–Kier alpha value is -0.850.